The summed E-state index contributed by atoms with van der Waals surface area (Å²) < 4.78 is 11.8. The van der Waals surface area contributed by atoms with E-state index in [-0.39, 0.29) is 12.5 Å². The number of rotatable bonds is 4. The quantitative estimate of drug-likeness (QED) is 0.823. The van der Waals surface area contributed by atoms with E-state index < -0.39 is 11.8 Å². The third-order valence-corrected chi connectivity index (χ3v) is 3.98. The van der Waals surface area contributed by atoms with Gasteiger partial charge in [-0.15, -0.1) is 0 Å². The Balaban J connectivity index is 1.84. The van der Waals surface area contributed by atoms with Crippen molar-refractivity contribution in [2.45, 2.75) is 63.8 Å². The monoisotopic (exact) mass is 242 g/mol. The van der Waals surface area contributed by atoms with Crippen LogP contribution >= 0.6 is 0 Å². The van der Waals surface area contributed by atoms with Crippen molar-refractivity contribution < 1.29 is 19.4 Å². The highest BCUT2D eigenvalue weighted by Gasteiger charge is 2.43. The van der Waals surface area contributed by atoms with Crippen molar-refractivity contribution in [3.63, 3.8) is 0 Å². The molecule has 0 amide bonds. The summed E-state index contributed by atoms with van der Waals surface area (Å²) in [7, 11) is 0. The molecule has 0 aromatic carbocycles. The van der Waals surface area contributed by atoms with Gasteiger partial charge in [-0.3, -0.25) is 4.79 Å². The highest BCUT2D eigenvalue weighted by Crippen LogP contribution is 2.40. The van der Waals surface area contributed by atoms with E-state index in [0.717, 1.165) is 0 Å². The SMILES string of the molecule is CC1(C2CCCCC2)OCC(CCC(=O)O)O1. The maximum atomic E-state index is 10.5. The summed E-state index contributed by atoms with van der Waals surface area (Å²) in [6, 6.07) is 0. The van der Waals surface area contributed by atoms with Gasteiger partial charge in [0.2, 0.25) is 0 Å². The first-order valence-corrected chi connectivity index (χ1v) is 6.64. The van der Waals surface area contributed by atoms with Crippen molar-refractivity contribution >= 4 is 5.97 Å². The van der Waals surface area contributed by atoms with Gasteiger partial charge in [0.05, 0.1) is 12.7 Å². The predicted octanol–water partition coefficient (Wildman–Crippen LogP) is 2.56. The normalized spacial score (nSPS) is 35.0. The predicted molar refractivity (Wildman–Crippen MR) is 62.7 cm³/mol. The molecule has 1 saturated carbocycles. The van der Waals surface area contributed by atoms with Gasteiger partial charge in [-0.25, -0.2) is 0 Å². The van der Waals surface area contributed by atoms with E-state index in [4.69, 9.17) is 14.6 Å². The van der Waals surface area contributed by atoms with E-state index in [1.165, 1.54) is 32.1 Å². The first-order chi connectivity index (χ1) is 8.10. The zero-order valence-corrected chi connectivity index (χ0v) is 10.5. The molecule has 2 atom stereocenters. The molecule has 2 rings (SSSR count). The molecule has 0 aromatic rings. The lowest BCUT2D eigenvalue weighted by atomic mass is 9.84. The zero-order valence-electron chi connectivity index (χ0n) is 10.5. The number of hydrogen-bond donors (Lipinski definition) is 1. The van der Waals surface area contributed by atoms with Gasteiger partial charge in [-0.2, -0.15) is 0 Å². The summed E-state index contributed by atoms with van der Waals surface area (Å²) >= 11 is 0. The lowest BCUT2D eigenvalue weighted by Crippen LogP contribution is -2.37. The first-order valence-electron chi connectivity index (χ1n) is 6.64. The Morgan fingerprint density at radius 2 is 2.06 bits per heavy atom. The molecule has 0 aromatic heterocycles. The van der Waals surface area contributed by atoms with Gasteiger partial charge in [0.25, 0.3) is 0 Å². The fourth-order valence-electron chi connectivity index (χ4n) is 2.93. The minimum absolute atomic E-state index is 0.0435. The molecule has 2 fully saturated rings. The highest BCUT2D eigenvalue weighted by molar-refractivity contribution is 5.66. The van der Waals surface area contributed by atoms with Crippen LogP contribution in [0.5, 0.6) is 0 Å². The second-order valence-corrected chi connectivity index (χ2v) is 5.33. The second kappa shape index (κ2) is 5.36. The fourth-order valence-corrected chi connectivity index (χ4v) is 2.93. The van der Waals surface area contributed by atoms with Crippen molar-refractivity contribution in [1.29, 1.82) is 0 Å². The van der Waals surface area contributed by atoms with Gasteiger partial charge in [-0.05, 0) is 26.2 Å². The fraction of sp³-hybridized carbons (Fsp3) is 0.923. The third kappa shape index (κ3) is 3.19. The van der Waals surface area contributed by atoms with E-state index in [0.29, 0.717) is 18.9 Å². The van der Waals surface area contributed by atoms with Gasteiger partial charge < -0.3 is 14.6 Å². The van der Waals surface area contributed by atoms with E-state index in [1.54, 1.807) is 0 Å². The number of carboxylic acid groups (broad SMARTS) is 1. The van der Waals surface area contributed by atoms with Crippen LogP contribution in [0.15, 0.2) is 0 Å². The van der Waals surface area contributed by atoms with Crippen LogP contribution in [-0.4, -0.2) is 29.6 Å². The Bertz CT molecular complexity index is 273. The second-order valence-electron chi connectivity index (χ2n) is 5.33. The minimum Gasteiger partial charge on any atom is -0.481 e. The van der Waals surface area contributed by atoms with Gasteiger partial charge in [0.1, 0.15) is 0 Å². The van der Waals surface area contributed by atoms with Crippen LogP contribution in [0.2, 0.25) is 0 Å². The standard InChI is InChI=1S/C13H22O4/c1-13(10-5-3-2-4-6-10)16-9-11(17-13)7-8-12(14)15/h10-11H,2-9H2,1H3,(H,14,15). The average molecular weight is 242 g/mol. The first kappa shape index (κ1) is 12.8. The van der Waals surface area contributed by atoms with Crippen LogP contribution in [0.3, 0.4) is 0 Å². The molecule has 4 heteroatoms. The molecular weight excluding hydrogens is 220 g/mol. The van der Waals surface area contributed by atoms with Crippen LogP contribution in [-0.2, 0) is 14.3 Å². The maximum absolute atomic E-state index is 10.5. The Morgan fingerprint density at radius 1 is 1.35 bits per heavy atom. The van der Waals surface area contributed by atoms with E-state index in [1.807, 2.05) is 6.92 Å². The molecule has 1 aliphatic carbocycles. The number of ether oxygens (including phenoxy) is 2. The van der Waals surface area contributed by atoms with Gasteiger partial charge >= 0.3 is 5.97 Å². The lowest BCUT2D eigenvalue weighted by Gasteiger charge is -2.35. The highest BCUT2D eigenvalue weighted by atomic mass is 16.7. The van der Waals surface area contributed by atoms with Gasteiger partial charge in [-0.1, -0.05) is 19.3 Å². The zero-order chi connectivity index (χ0) is 12.3. The van der Waals surface area contributed by atoms with Crippen molar-refractivity contribution in [2.75, 3.05) is 6.61 Å². The molecule has 2 aliphatic rings. The van der Waals surface area contributed by atoms with Crippen LogP contribution in [0.1, 0.15) is 51.9 Å². The maximum Gasteiger partial charge on any atom is 0.303 e. The Labute approximate surface area is 102 Å². The Hall–Kier alpha value is -0.610. The van der Waals surface area contributed by atoms with Crippen molar-refractivity contribution in [2.24, 2.45) is 5.92 Å². The van der Waals surface area contributed by atoms with Gasteiger partial charge in [0.15, 0.2) is 5.79 Å². The minimum atomic E-state index is -0.764. The largest absolute Gasteiger partial charge is 0.481 e. The van der Waals surface area contributed by atoms with E-state index in [9.17, 15) is 4.79 Å². The topological polar surface area (TPSA) is 55.8 Å². The Morgan fingerprint density at radius 3 is 2.71 bits per heavy atom. The van der Waals surface area contributed by atoms with E-state index in [2.05, 4.69) is 0 Å². The Kier molecular flexibility index (Phi) is 4.05. The van der Waals surface area contributed by atoms with Gasteiger partial charge in [0, 0.05) is 12.3 Å². The molecule has 98 valence electrons. The average Bonchev–Trinajstić information content (AvgIpc) is 2.71. The molecule has 1 heterocycles. The molecule has 0 radical (unpaired) electrons. The number of hydrogen-bond acceptors (Lipinski definition) is 3. The summed E-state index contributed by atoms with van der Waals surface area (Å²) in [6.45, 7) is 2.56. The molecule has 1 aliphatic heterocycles. The van der Waals surface area contributed by atoms with Crippen molar-refractivity contribution in [1.82, 2.24) is 0 Å². The number of aliphatic carboxylic acids is 1. The molecule has 1 saturated heterocycles. The summed E-state index contributed by atoms with van der Waals surface area (Å²) in [4.78, 5) is 10.5. The van der Waals surface area contributed by atoms with Crippen molar-refractivity contribution in [3.8, 4) is 0 Å². The molecule has 17 heavy (non-hydrogen) atoms. The summed E-state index contributed by atoms with van der Waals surface area (Å²) in [5.41, 5.74) is 0. The smallest absolute Gasteiger partial charge is 0.303 e. The molecule has 4 nitrogen and oxygen atoms in total. The number of carboxylic acids is 1. The molecular formula is C13H22O4. The van der Waals surface area contributed by atoms with E-state index >= 15 is 0 Å². The van der Waals surface area contributed by atoms with Crippen LogP contribution < -0.4 is 0 Å². The molecule has 0 bridgehead atoms. The van der Waals surface area contributed by atoms with Crippen LogP contribution in [0.25, 0.3) is 0 Å². The molecule has 0 spiro atoms. The van der Waals surface area contributed by atoms with Crippen LogP contribution in [0, 0.1) is 5.92 Å². The molecule has 1 N–H and O–H groups in total. The summed E-state index contributed by atoms with van der Waals surface area (Å²) in [5.74, 6) is -0.755. The third-order valence-electron chi connectivity index (χ3n) is 3.98. The lowest BCUT2D eigenvalue weighted by molar-refractivity contribution is -0.198. The molecule has 2 unspecified atom stereocenters. The number of carbonyl (C=O) groups is 1. The summed E-state index contributed by atoms with van der Waals surface area (Å²) in [5, 5.41) is 8.66. The van der Waals surface area contributed by atoms with Crippen LogP contribution in [0.4, 0.5) is 0 Å². The van der Waals surface area contributed by atoms with Crippen molar-refractivity contribution in [3.05, 3.63) is 0 Å². The summed E-state index contributed by atoms with van der Waals surface area (Å²) in [6.07, 6.45) is 6.84.